The molecule has 0 spiro atoms. The van der Waals surface area contributed by atoms with Gasteiger partial charge in [-0.25, -0.2) is 4.57 Å². The molecule has 12 heteroatoms. The van der Waals surface area contributed by atoms with Crippen molar-refractivity contribution in [2.75, 3.05) is 26.4 Å². The maximum Gasteiger partial charge on any atom is 0.472 e. The van der Waals surface area contributed by atoms with Crippen molar-refractivity contribution in [2.24, 2.45) is 0 Å². The van der Waals surface area contributed by atoms with Crippen molar-refractivity contribution in [3.8, 4) is 0 Å². The molecule has 0 aliphatic heterocycles. The fraction of sp³-hybridized carbons (Fsp3) is 0.783. The number of esters is 3. The Labute approximate surface area is 440 Å². The molecule has 0 heterocycles. The van der Waals surface area contributed by atoms with Crippen molar-refractivity contribution in [1.29, 1.82) is 0 Å². The summed E-state index contributed by atoms with van der Waals surface area (Å²) in [5, 5.41) is 9.82. The summed E-state index contributed by atoms with van der Waals surface area (Å²) >= 11 is 0. The van der Waals surface area contributed by atoms with Gasteiger partial charge in [0.15, 0.2) is 6.10 Å². The van der Waals surface area contributed by atoms with Crippen LogP contribution in [-0.4, -0.2) is 66.5 Å². The summed E-state index contributed by atoms with van der Waals surface area (Å²) in [7, 11) is -4.75. The lowest BCUT2D eigenvalue weighted by molar-refractivity contribution is -0.161. The SMILES string of the molecule is CC/C=C\C/C=C\C/C=C\CCCCCC(=O)OCC(COP(=O)(O)OCC(CO)OC(=O)CCCCCCCCCCCCCCCCC)OC(=O)CCCCCCCCC/C=C\C/C=C\CCCCC. The van der Waals surface area contributed by atoms with Crippen molar-refractivity contribution in [3.05, 3.63) is 60.8 Å². The first kappa shape index (κ1) is 69.2. The van der Waals surface area contributed by atoms with Gasteiger partial charge >= 0.3 is 25.7 Å². The van der Waals surface area contributed by atoms with Crippen LogP contribution in [0.2, 0.25) is 0 Å². The van der Waals surface area contributed by atoms with Crippen molar-refractivity contribution >= 4 is 25.7 Å². The summed E-state index contributed by atoms with van der Waals surface area (Å²) in [6.07, 6.45) is 58.9. The van der Waals surface area contributed by atoms with E-state index in [2.05, 4.69) is 81.5 Å². The number of carbonyl (C=O) groups excluding carboxylic acids is 3. The normalized spacial score (nSPS) is 13.8. The van der Waals surface area contributed by atoms with Crippen LogP contribution in [0.5, 0.6) is 0 Å². The molecule has 0 saturated carbocycles. The van der Waals surface area contributed by atoms with Crippen LogP contribution in [0.4, 0.5) is 0 Å². The van der Waals surface area contributed by atoms with Crippen LogP contribution < -0.4 is 0 Å². The highest BCUT2D eigenvalue weighted by Gasteiger charge is 2.28. The smallest absolute Gasteiger partial charge is 0.462 e. The number of phosphoric acid groups is 1. The van der Waals surface area contributed by atoms with E-state index in [0.717, 1.165) is 96.3 Å². The summed E-state index contributed by atoms with van der Waals surface area (Å²) in [6.45, 7) is 4.49. The number of rotatable bonds is 54. The number of hydrogen-bond acceptors (Lipinski definition) is 10. The van der Waals surface area contributed by atoms with Crippen LogP contribution in [0, 0.1) is 0 Å². The third-order valence-electron chi connectivity index (χ3n) is 12.4. The molecule has 0 aliphatic carbocycles. The van der Waals surface area contributed by atoms with E-state index in [1.165, 1.54) is 109 Å². The third kappa shape index (κ3) is 52.1. The molecule has 72 heavy (non-hydrogen) atoms. The van der Waals surface area contributed by atoms with Gasteiger partial charge in [-0.15, -0.1) is 0 Å². The first-order chi connectivity index (χ1) is 35.2. The fourth-order valence-corrected chi connectivity index (χ4v) is 8.77. The van der Waals surface area contributed by atoms with Gasteiger partial charge < -0.3 is 24.2 Å². The molecule has 2 N–H and O–H groups in total. The molecule has 3 unspecified atom stereocenters. The second-order valence-corrected chi connectivity index (χ2v) is 20.9. The standard InChI is InChI=1S/C60H107O11P/c1-4-7-10-13-16-19-22-25-27-28-30-33-36-39-42-45-48-51-60(64)71-57(53-67-58(62)49-46-43-40-37-34-31-24-21-18-15-12-9-6-3)55-69-72(65,66)68-54-56(52-61)70-59(63)50-47-44-41-38-35-32-29-26-23-20-17-14-11-8-5-2/h9,12,16,18-19,21,25,27,31,34,56-57,61H,4-8,10-11,13-15,17,20,22-24,26,28-30,32-33,35-55H2,1-3H3,(H,65,66)/b12-9-,19-16-,21-18-,27-25-,34-31-. The predicted molar refractivity (Wildman–Crippen MR) is 298 cm³/mol. The molecule has 0 aromatic heterocycles. The van der Waals surface area contributed by atoms with E-state index < -0.39 is 57.8 Å². The molecule has 0 saturated heterocycles. The Morgan fingerprint density at radius 3 is 1.15 bits per heavy atom. The zero-order chi connectivity index (χ0) is 52.7. The quantitative estimate of drug-likeness (QED) is 0.0197. The molecule has 0 rings (SSSR count). The van der Waals surface area contributed by atoms with E-state index in [0.29, 0.717) is 19.3 Å². The molecule has 11 nitrogen and oxygen atoms in total. The van der Waals surface area contributed by atoms with Crippen LogP contribution >= 0.6 is 7.82 Å². The lowest BCUT2D eigenvalue weighted by Crippen LogP contribution is -2.30. The van der Waals surface area contributed by atoms with Gasteiger partial charge in [0, 0.05) is 19.3 Å². The Bertz CT molecular complexity index is 1440. The van der Waals surface area contributed by atoms with Crippen molar-refractivity contribution in [1.82, 2.24) is 0 Å². The Balaban J connectivity index is 4.73. The van der Waals surface area contributed by atoms with Gasteiger partial charge in [-0.1, -0.05) is 223 Å². The summed E-state index contributed by atoms with van der Waals surface area (Å²) < 4.78 is 39.5. The first-order valence-corrected chi connectivity index (χ1v) is 30.7. The highest BCUT2D eigenvalue weighted by Crippen LogP contribution is 2.43. The monoisotopic (exact) mass is 1030 g/mol. The average molecular weight is 1040 g/mol. The molecule has 0 aromatic rings. The lowest BCUT2D eigenvalue weighted by Gasteiger charge is -2.21. The molecular weight excluding hydrogens is 928 g/mol. The second-order valence-electron chi connectivity index (χ2n) is 19.4. The molecule has 0 aliphatic rings. The Morgan fingerprint density at radius 1 is 0.403 bits per heavy atom. The predicted octanol–water partition coefficient (Wildman–Crippen LogP) is 17.1. The Kier molecular flexibility index (Phi) is 52.3. The third-order valence-corrected chi connectivity index (χ3v) is 13.4. The number of ether oxygens (including phenoxy) is 3. The molecular formula is C60H107O11P. The van der Waals surface area contributed by atoms with Crippen LogP contribution in [0.1, 0.15) is 265 Å². The number of hydrogen-bond donors (Lipinski definition) is 2. The minimum atomic E-state index is -4.75. The van der Waals surface area contributed by atoms with Gasteiger partial charge in [0.05, 0.1) is 19.8 Å². The van der Waals surface area contributed by atoms with Gasteiger partial charge in [0.1, 0.15) is 12.7 Å². The fourth-order valence-electron chi connectivity index (χ4n) is 7.99. The highest BCUT2D eigenvalue weighted by molar-refractivity contribution is 7.47. The molecule has 0 fully saturated rings. The summed E-state index contributed by atoms with van der Waals surface area (Å²) in [5.74, 6) is -1.50. The highest BCUT2D eigenvalue weighted by atomic mass is 31.2. The molecule has 418 valence electrons. The lowest BCUT2D eigenvalue weighted by atomic mass is 10.0. The number of aliphatic hydroxyl groups excluding tert-OH is 1. The molecule has 3 atom stereocenters. The van der Waals surface area contributed by atoms with Crippen LogP contribution in [-0.2, 0) is 42.2 Å². The van der Waals surface area contributed by atoms with E-state index in [1.54, 1.807) is 0 Å². The van der Waals surface area contributed by atoms with E-state index in [-0.39, 0.29) is 25.9 Å². The summed E-state index contributed by atoms with van der Waals surface area (Å²) in [6, 6.07) is 0. The molecule has 0 amide bonds. The van der Waals surface area contributed by atoms with E-state index in [1.807, 2.05) is 0 Å². The molecule has 0 bridgehead atoms. The zero-order valence-corrected chi connectivity index (χ0v) is 47.0. The van der Waals surface area contributed by atoms with Crippen LogP contribution in [0.25, 0.3) is 0 Å². The van der Waals surface area contributed by atoms with Gasteiger partial charge in [-0.2, -0.15) is 0 Å². The van der Waals surface area contributed by atoms with Crippen LogP contribution in [0.3, 0.4) is 0 Å². The largest absolute Gasteiger partial charge is 0.472 e. The van der Waals surface area contributed by atoms with E-state index in [4.69, 9.17) is 23.3 Å². The van der Waals surface area contributed by atoms with Crippen molar-refractivity contribution in [3.63, 3.8) is 0 Å². The molecule has 0 aromatic carbocycles. The van der Waals surface area contributed by atoms with Gasteiger partial charge in [-0.3, -0.25) is 23.4 Å². The molecule has 0 radical (unpaired) electrons. The van der Waals surface area contributed by atoms with Crippen molar-refractivity contribution in [2.45, 2.75) is 277 Å². The topological polar surface area (TPSA) is 155 Å². The number of carbonyl (C=O) groups is 3. The van der Waals surface area contributed by atoms with Gasteiger partial charge in [0.25, 0.3) is 0 Å². The number of allylic oxidation sites excluding steroid dienone is 10. The van der Waals surface area contributed by atoms with Gasteiger partial charge in [0.2, 0.25) is 0 Å². The Hall–Kier alpha value is -2.82. The Morgan fingerprint density at radius 2 is 0.722 bits per heavy atom. The van der Waals surface area contributed by atoms with Crippen LogP contribution in [0.15, 0.2) is 60.8 Å². The number of unbranched alkanes of at least 4 members (excludes halogenated alkanes) is 27. The maximum atomic E-state index is 12.9. The van der Waals surface area contributed by atoms with Gasteiger partial charge in [-0.05, 0) is 83.5 Å². The zero-order valence-electron chi connectivity index (χ0n) is 46.1. The van der Waals surface area contributed by atoms with E-state index >= 15 is 0 Å². The minimum Gasteiger partial charge on any atom is -0.462 e. The summed E-state index contributed by atoms with van der Waals surface area (Å²) in [5.41, 5.74) is 0. The summed E-state index contributed by atoms with van der Waals surface area (Å²) in [4.78, 5) is 48.5. The maximum absolute atomic E-state index is 12.9. The van der Waals surface area contributed by atoms with Crippen molar-refractivity contribution < 1.29 is 52.2 Å². The average Bonchev–Trinajstić information content (AvgIpc) is 3.37. The minimum absolute atomic E-state index is 0.152. The first-order valence-electron chi connectivity index (χ1n) is 29.2. The number of phosphoric ester groups is 1. The second kappa shape index (κ2) is 54.4. The van der Waals surface area contributed by atoms with E-state index in [9.17, 15) is 28.9 Å². The number of aliphatic hydroxyl groups is 1.